The molecule has 4 nitrogen and oxygen atoms in total. The van der Waals surface area contributed by atoms with Crippen LogP contribution in [0, 0.1) is 21.3 Å². The van der Waals surface area contributed by atoms with Gasteiger partial charge in [0.25, 0.3) is 0 Å². The van der Waals surface area contributed by atoms with Gasteiger partial charge in [-0.05, 0) is 84.6 Å². The van der Waals surface area contributed by atoms with Gasteiger partial charge < -0.3 is 24.4 Å². The third kappa shape index (κ3) is 13.6. The van der Waals surface area contributed by atoms with E-state index in [2.05, 4.69) is 28.2 Å². The first-order valence-electron chi connectivity index (χ1n) is 10.5. The van der Waals surface area contributed by atoms with Gasteiger partial charge >= 0.3 is 23.1 Å². The van der Waals surface area contributed by atoms with Crippen LogP contribution >= 0.6 is 0 Å². The zero-order chi connectivity index (χ0) is 23.8. The molecule has 34 heavy (non-hydrogen) atoms. The van der Waals surface area contributed by atoms with Gasteiger partial charge in [0.1, 0.15) is 11.0 Å². The molecule has 0 bridgehead atoms. The van der Waals surface area contributed by atoms with Gasteiger partial charge in [-0.25, -0.2) is 13.1 Å². The van der Waals surface area contributed by atoms with Gasteiger partial charge in [0, 0.05) is 12.3 Å². The summed E-state index contributed by atoms with van der Waals surface area (Å²) in [7, 11) is -2.20. The second-order valence-electron chi connectivity index (χ2n) is 9.53. The van der Waals surface area contributed by atoms with E-state index in [9.17, 15) is 8.42 Å². The molecule has 0 aromatic heterocycles. The molecule has 188 valence electrons. The Kier molecular flexibility index (Phi) is 19.2. The molecule has 2 rings (SSSR count). The number of rotatable bonds is 5. The van der Waals surface area contributed by atoms with Crippen LogP contribution in [0.4, 0.5) is 0 Å². The van der Waals surface area contributed by atoms with E-state index in [1.165, 1.54) is 11.1 Å². The van der Waals surface area contributed by atoms with Gasteiger partial charge in [0.15, 0.2) is 0 Å². The number of nitrogens with one attached hydrogen (secondary N) is 1. The topological polar surface area (TPSA) is 58.5 Å². The molecule has 0 saturated heterocycles. The molecule has 2 aromatic rings. The second kappa shape index (κ2) is 17.1. The Balaban J connectivity index is -0.000000520. The van der Waals surface area contributed by atoms with Crippen molar-refractivity contribution >= 4 is 51.2 Å². The van der Waals surface area contributed by atoms with E-state index in [1.54, 1.807) is 6.21 Å². The van der Waals surface area contributed by atoms with Crippen LogP contribution in [0.2, 0.25) is 0 Å². The summed E-state index contributed by atoms with van der Waals surface area (Å²) in [6.07, 6.45) is 1.69. The molecule has 0 fully saturated rings. The maximum absolute atomic E-state index is 12.0. The Labute approximate surface area is 240 Å². The number of hydrogen-bond donors (Lipinski definition) is 1. The van der Waals surface area contributed by atoms with Gasteiger partial charge in [-0.15, -0.1) is 0 Å². The molecule has 0 unspecified atom stereocenters. The van der Waals surface area contributed by atoms with E-state index < -0.39 is 22.0 Å². The second-order valence-corrected chi connectivity index (χ2v) is 13.5. The van der Waals surface area contributed by atoms with Crippen LogP contribution in [-0.2, 0) is 22.0 Å². The average Bonchev–Trinajstić information content (AvgIpc) is 2.66. The largest absolute Gasteiger partial charge is 2.00 e. The van der Waals surface area contributed by atoms with Gasteiger partial charge in [0.05, 0.1) is 20.5 Å². The Hall–Kier alpha value is -0.384. The molecular weight excluding hydrogens is 541 g/mol. The fraction of sp³-hybridized carbons (Fsp3) is 0.462. The summed E-state index contributed by atoms with van der Waals surface area (Å²) < 4.78 is 30.3. The van der Waals surface area contributed by atoms with Crippen LogP contribution in [0.1, 0.15) is 76.8 Å². The van der Waals surface area contributed by atoms with Gasteiger partial charge in [0.2, 0.25) is 0 Å². The Morgan fingerprint density at radius 1 is 0.853 bits per heavy atom. The van der Waals surface area contributed by atoms with Crippen LogP contribution in [0.5, 0.6) is 0 Å². The normalized spacial score (nSPS) is 13.8. The number of halogens is 1. The van der Waals surface area contributed by atoms with E-state index in [0.29, 0.717) is 0 Å². The minimum Gasteiger partial charge on any atom is -1.00 e. The van der Waals surface area contributed by atoms with Crippen molar-refractivity contribution in [2.24, 2.45) is 4.40 Å². The zero-order valence-corrected chi connectivity index (χ0v) is 27.1. The van der Waals surface area contributed by atoms with Crippen molar-refractivity contribution in [3.05, 3.63) is 78.2 Å². The first kappa shape index (κ1) is 38.2. The van der Waals surface area contributed by atoms with Crippen LogP contribution in [-0.4, -0.2) is 47.2 Å². The third-order valence-electron chi connectivity index (χ3n) is 4.49. The third-order valence-corrected chi connectivity index (χ3v) is 7.52. The SMILES string of the molecule is Cc1ccccc1C=N[S@](=O)C(C)(C)C.Cc1ccccc1[C@H](C)N[S@](=O)C(C)(C)C.[Br-].[CH3-].[Mg+2]. The van der Waals surface area contributed by atoms with Crippen molar-refractivity contribution in [2.45, 2.75) is 77.8 Å². The van der Waals surface area contributed by atoms with Crippen molar-refractivity contribution in [1.82, 2.24) is 4.72 Å². The van der Waals surface area contributed by atoms with Crippen LogP contribution in [0.25, 0.3) is 0 Å². The maximum Gasteiger partial charge on any atom is 2.00 e. The number of aryl methyl sites for hydroxylation is 2. The summed E-state index contributed by atoms with van der Waals surface area (Å²) in [6.45, 7) is 17.8. The molecule has 2 aromatic carbocycles. The summed E-state index contributed by atoms with van der Waals surface area (Å²) in [4.78, 5) is 0. The first-order chi connectivity index (χ1) is 14.2. The van der Waals surface area contributed by atoms with E-state index in [1.807, 2.05) is 91.8 Å². The first-order valence-corrected chi connectivity index (χ1v) is 12.7. The molecule has 8 heteroatoms. The van der Waals surface area contributed by atoms with Crippen molar-refractivity contribution in [1.29, 1.82) is 0 Å². The predicted molar refractivity (Wildman–Crippen MR) is 149 cm³/mol. The number of hydrogen-bond acceptors (Lipinski definition) is 2. The fourth-order valence-corrected chi connectivity index (χ4v) is 3.80. The van der Waals surface area contributed by atoms with E-state index >= 15 is 0 Å². The Morgan fingerprint density at radius 2 is 1.32 bits per heavy atom. The number of nitrogens with zero attached hydrogens (tertiary/aromatic N) is 1. The summed E-state index contributed by atoms with van der Waals surface area (Å²) in [5.41, 5.74) is 4.61. The minimum atomic E-state index is -1.18. The fourth-order valence-electron chi connectivity index (χ4n) is 2.47. The molecule has 0 spiro atoms. The molecule has 0 saturated carbocycles. The summed E-state index contributed by atoms with van der Waals surface area (Å²) in [5, 5.41) is 0. The van der Waals surface area contributed by atoms with Crippen molar-refractivity contribution in [2.75, 3.05) is 0 Å². The maximum atomic E-state index is 12.0. The smallest absolute Gasteiger partial charge is 1.00 e. The molecule has 0 amide bonds. The summed E-state index contributed by atoms with van der Waals surface area (Å²) in [6, 6.07) is 16.2. The summed E-state index contributed by atoms with van der Waals surface area (Å²) >= 11 is 0. The summed E-state index contributed by atoms with van der Waals surface area (Å²) in [5.74, 6) is 0. The van der Waals surface area contributed by atoms with Crippen LogP contribution in [0.15, 0.2) is 52.9 Å². The predicted octanol–water partition coefficient (Wildman–Crippen LogP) is 3.06. The van der Waals surface area contributed by atoms with E-state index in [-0.39, 0.29) is 63.0 Å². The van der Waals surface area contributed by atoms with Crippen molar-refractivity contribution in [3.8, 4) is 0 Å². The molecule has 0 aliphatic carbocycles. The molecule has 1 N–H and O–H groups in total. The van der Waals surface area contributed by atoms with Crippen LogP contribution in [0.3, 0.4) is 0 Å². The molecule has 0 aliphatic rings. The monoisotopic (exact) mass is 580 g/mol. The van der Waals surface area contributed by atoms with E-state index in [0.717, 1.165) is 11.1 Å². The standard InChI is InChI=1S/C13H21NOS.C12H17NOS.CH3.BrH.Mg/c1-10-8-6-7-9-12(10)11(2)14-16(15)13(3,4)5;1-10-7-5-6-8-11(10)9-13-15(14)12(2,3)4;;;/h6-9,11,14H,1-5H3;5-9H,1-4H3;1H3;1H;/q;;-1;;+2/p-1/t11-,16+;15-;;;/m01.../s1. The van der Waals surface area contributed by atoms with E-state index in [4.69, 9.17) is 0 Å². The number of benzene rings is 2. The molecule has 3 atom stereocenters. The van der Waals surface area contributed by atoms with Gasteiger partial charge in [-0.3, -0.25) is 0 Å². The minimum absolute atomic E-state index is 0. The van der Waals surface area contributed by atoms with Crippen molar-refractivity contribution in [3.63, 3.8) is 0 Å². The van der Waals surface area contributed by atoms with Gasteiger partial charge in [-0.1, -0.05) is 48.5 Å². The van der Waals surface area contributed by atoms with Crippen LogP contribution < -0.4 is 21.7 Å². The Morgan fingerprint density at radius 3 is 1.76 bits per heavy atom. The van der Waals surface area contributed by atoms with Crippen molar-refractivity contribution < 1.29 is 25.4 Å². The molecule has 0 radical (unpaired) electrons. The zero-order valence-electron chi connectivity index (χ0n) is 22.4. The van der Waals surface area contributed by atoms with Gasteiger partial charge in [-0.2, -0.15) is 4.40 Å². The quantitative estimate of drug-likeness (QED) is 0.335. The average molecular weight is 582 g/mol. The molecular formula is C26H41BrMgN2O2S2. The molecule has 0 heterocycles. The molecule has 0 aliphatic heterocycles. The Bertz CT molecular complexity index is 939.